The molecule has 0 amide bonds. The Balaban J connectivity index is 0.000000199. The number of hydrogen-bond donors (Lipinski definition) is 2. The molecule has 7 heteroatoms. The van der Waals surface area contributed by atoms with E-state index in [4.69, 9.17) is 33.5 Å². The summed E-state index contributed by atoms with van der Waals surface area (Å²) in [5.41, 5.74) is 10.5. The highest BCUT2D eigenvalue weighted by atomic mass is 35.5. The molecule has 0 heterocycles. The molecular weight excluding hydrogens is 441 g/mol. The number of fused-ring (bicyclic) bond motifs is 1. The normalized spacial score (nSPS) is 18.2. The van der Waals surface area contributed by atoms with E-state index < -0.39 is 10.1 Å². The van der Waals surface area contributed by atoms with Gasteiger partial charge in [0.05, 0.1) is 14.9 Å². The number of hydrogen-bond acceptors (Lipinski definition) is 3. The van der Waals surface area contributed by atoms with Gasteiger partial charge in [0, 0.05) is 12.0 Å². The Labute approximate surface area is 187 Å². The molecule has 0 saturated carbocycles. The lowest BCUT2D eigenvalue weighted by Crippen LogP contribution is -2.20. The van der Waals surface area contributed by atoms with E-state index >= 15 is 0 Å². The van der Waals surface area contributed by atoms with Gasteiger partial charge in [0.25, 0.3) is 10.1 Å². The van der Waals surface area contributed by atoms with Gasteiger partial charge >= 0.3 is 0 Å². The van der Waals surface area contributed by atoms with Crippen molar-refractivity contribution in [2.75, 3.05) is 0 Å². The molecule has 0 spiro atoms. The van der Waals surface area contributed by atoms with Gasteiger partial charge in [-0.25, -0.2) is 0 Å². The van der Waals surface area contributed by atoms with Gasteiger partial charge in [-0.1, -0.05) is 71.7 Å². The third-order valence-electron chi connectivity index (χ3n) is 5.25. The number of halogens is 2. The van der Waals surface area contributed by atoms with Crippen LogP contribution in [0.15, 0.2) is 71.6 Å². The van der Waals surface area contributed by atoms with Crippen molar-refractivity contribution in [2.24, 2.45) is 5.73 Å². The molecule has 3 aromatic carbocycles. The molecule has 30 heavy (non-hydrogen) atoms. The van der Waals surface area contributed by atoms with Gasteiger partial charge in [-0.3, -0.25) is 4.55 Å². The first-order valence-corrected chi connectivity index (χ1v) is 11.7. The average Bonchev–Trinajstić information content (AvgIpc) is 2.71. The first kappa shape index (κ1) is 22.8. The van der Waals surface area contributed by atoms with Crippen molar-refractivity contribution in [3.63, 3.8) is 0 Å². The quantitative estimate of drug-likeness (QED) is 0.445. The second-order valence-corrected chi connectivity index (χ2v) is 9.48. The van der Waals surface area contributed by atoms with Gasteiger partial charge in [-0.2, -0.15) is 8.42 Å². The van der Waals surface area contributed by atoms with Crippen LogP contribution < -0.4 is 5.73 Å². The summed E-state index contributed by atoms with van der Waals surface area (Å²) in [7, 11) is -4.03. The molecule has 0 fully saturated rings. The molecule has 0 aliphatic heterocycles. The number of aryl methyl sites for hydroxylation is 1. The van der Waals surface area contributed by atoms with Crippen LogP contribution in [0.2, 0.25) is 10.0 Å². The minimum absolute atomic E-state index is 0.0278. The van der Waals surface area contributed by atoms with Crippen LogP contribution in [-0.2, 0) is 10.1 Å². The SMILES string of the molecule is Cc1ccccc1S(=O)(=O)O.N[C@H]1CC[C@@H](c2ccc(Cl)c(Cl)c2)c2ccccc21. The highest BCUT2D eigenvalue weighted by Gasteiger charge is 2.26. The van der Waals surface area contributed by atoms with Gasteiger partial charge < -0.3 is 5.73 Å². The average molecular weight is 464 g/mol. The zero-order valence-electron chi connectivity index (χ0n) is 16.4. The standard InChI is InChI=1S/C16H15Cl2N.C7H8O3S/c17-14-7-5-10(9-15(14)18)11-6-8-16(19)13-4-2-1-3-12(11)13;1-6-4-2-3-5-7(6)11(8,9)10/h1-5,7,9,11,16H,6,8,19H2;2-5H,1H3,(H,8,9,10)/t11-,16-;/m0./s1. The van der Waals surface area contributed by atoms with Crippen LogP contribution in [0.3, 0.4) is 0 Å². The summed E-state index contributed by atoms with van der Waals surface area (Å²) in [5.74, 6) is 0.366. The van der Waals surface area contributed by atoms with Crippen molar-refractivity contribution in [1.29, 1.82) is 0 Å². The van der Waals surface area contributed by atoms with Crippen molar-refractivity contribution in [3.05, 3.63) is 99.0 Å². The van der Waals surface area contributed by atoms with Gasteiger partial charge in [0.2, 0.25) is 0 Å². The smallest absolute Gasteiger partial charge is 0.294 e. The molecule has 1 aliphatic carbocycles. The lowest BCUT2D eigenvalue weighted by molar-refractivity contribution is 0.482. The summed E-state index contributed by atoms with van der Waals surface area (Å²) < 4.78 is 29.9. The molecule has 1 aliphatic rings. The Morgan fingerprint density at radius 2 is 1.53 bits per heavy atom. The monoisotopic (exact) mass is 463 g/mol. The van der Waals surface area contributed by atoms with Gasteiger partial charge in [0.1, 0.15) is 0 Å². The van der Waals surface area contributed by atoms with E-state index in [1.807, 2.05) is 12.1 Å². The van der Waals surface area contributed by atoms with Crippen LogP contribution in [0, 0.1) is 6.92 Å². The molecular formula is C23H23Cl2NO3S. The maximum atomic E-state index is 10.6. The first-order valence-electron chi connectivity index (χ1n) is 9.51. The fourth-order valence-electron chi connectivity index (χ4n) is 3.74. The van der Waals surface area contributed by atoms with Crippen molar-refractivity contribution < 1.29 is 13.0 Å². The molecule has 0 bridgehead atoms. The second-order valence-electron chi connectivity index (χ2n) is 7.28. The predicted molar refractivity (Wildman–Crippen MR) is 122 cm³/mol. The highest BCUT2D eigenvalue weighted by Crippen LogP contribution is 2.41. The van der Waals surface area contributed by atoms with Crippen LogP contribution in [0.25, 0.3) is 0 Å². The van der Waals surface area contributed by atoms with Crippen LogP contribution in [0.4, 0.5) is 0 Å². The highest BCUT2D eigenvalue weighted by molar-refractivity contribution is 7.85. The minimum Gasteiger partial charge on any atom is -0.324 e. The largest absolute Gasteiger partial charge is 0.324 e. The Bertz CT molecular complexity index is 1150. The number of benzene rings is 3. The molecule has 4 rings (SSSR count). The van der Waals surface area contributed by atoms with Crippen molar-refractivity contribution >= 4 is 33.3 Å². The van der Waals surface area contributed by atoms with Crippen molar-refractivity contribution in [2.45, 2.75) is 36.6 Å². The second kappa shape index (κ2) is 9.50. The molecule has 0 aromatic heterocycles. The third kappa shape index (κ3) is 5.23. The van der Waals surface area contributed by atoms with E-state index in [0.29, 0.717) is 21.5 Å². The Morgan fingerprint density at radius 1 is 0.900 bits per heavy atom. The molecule has 0 saturated heterocycles. The van der Waals surface area contributed by atoms with E-state index in [9.17, 15) is 8.42 Å². The number of nitrogens with two attached hydrogens (primary N) is 1. The molecule has 4 nitrogen and oxygen atoms in total. The van der Waals surface area contributed by atoms with E-state index in [-0.39, 0.29) is 10.9 Å². The molecule has 0 unspecified atom stereocenters. The molecule has 158 valence electrons. The molecule has 2 atom stereocenters. The minimum atomic E-state index is -4.03. The molecule has 3 aromatic rings. The maximum Gasteiger partial charge on any atom is 0.294 e. The van der Waals surface area contributed by atoms with E-state index in [1.165, 1.54) is 22.8 Å². The summed E-state index contributed by atoms with van der Waals surface area (Å²) >= 11 is 12.1. The van der Waals surface area contributed by atoms with Crippen LogP contribution in [0.5, 0.6) is 0 Å². The lowest BCUT2D eigenvalue weighted by Gasteiger charge is -2.30. The Kier molecular flexibility index (Phi) is 7.22. The zero-order valence-corrected chi connectivity index (χ0v) is 18.8. The van der Waals surface area contributed by atoms with E-state index in [1.54, 1.807) is 25.1 Å². The summed E-state index contributed by atoms with van der Waals surface area (Å²) in [6.07, 6.45) is 2.05. The summed E-state index contributed by atoms with van der Waals surface area (Å²) in [5, 5.41) is 1.22. The van der Waals surface area contributed by atoms with E-state index in [2.05, 4.69) is 30.3 Å². The van der Waals surface area contributed by atoms with Crippen LogP contribution in [-0.4, -0.2) is 13.0 Å². The summed E-state index contributed by atoms with van der Waals surface area (Å²) in [4.78, 5) is -0.0278. The summed E-state index contributed by atoms with van der Waals surface area (Å²) in [6.45, 7) is 1.63. The fourth-order valence-corrected chi connectivity index (χ4v) is 4.78. The van der Waals surface area contributed by atoms with E-state index in [0.717, 1.165) is 12.8 Å². The van der Waals surface area contributed by atoms with Crippen LogP contribution >= 0.6 is 23.2 Å². The van der Waals surface area contributed by atoms with Gasteiger partial charge in [-0.15, -0.1) is 0 Å². The Morgan fingerprint density at radius 3 is 2.13 bits per heavy atom. The third-order valence-corrected chi connectivity index (χ3v) is 7.01. The van der Waals surface area contributed by atoms with Crippen LogP contribution in [0.1, 0.15) is 47.1 Å². The van der Waals surface area contributed by atoms with Crippen molar-refractivity contribution in [3.8, 4) is 0 Å². The summed E-state index contributed by atoms with van der Waals surface area (Å²) in [6, 6.07) is 20.7. The van der Waals surface area contributed by atoms with Crippen molar-refractivity contribution in [1.82, 2.24) is 0 Å². The van der Waals surface area contributed by atoms with Gasteiger partial charge in [-0.05, 0) is 60.2 Å². The topological polar surface area (TPSA) is 80.4 Å². The lowest BCUT2D eigenvalue weighted by atomic mass is 9.77. The molecule has 0 radical (unpaired) electrons. The fraction of sp³-hybridized carbons (Fsp3) is 0.217. The first-order chi connectivity index (χ1) is 14.2. The zero-order chi connectivity index (χ0) is 21.9. The Hall–Kier alpha value is -1.89. The predicted octanol–water partition coefficient (Wildman–Crippen LogP) is 6.16. The maximum absolute atomic E-state index is 10.6. The number of rotatable bonds is 2. The van der Waals surface area contributed by atoms with Gasteiger partial charge in [0.15, 0.2) is 0 Å². The molecule has 3 N–H and O–H groups in total.